The Kier molecular flexibility index (Phi) is 7.63. The van der Waals surface area contributed by atoms with Gasteiger partial charge in [0.1, 0.15) is 11.7 Å². The lowest BCUT2D eigenvalue weighted by Gasteiger charge is -2.29. The van der Waals surface area contributed by atoms with E-state index in [2.05, 4.69) is 22.9 Å². The molecule has 0 aliphatic carbocycles. The summed E-state index contributed by atoms with van der Waals surface area (Å²) in [6.45, 7) is 2.63. The Hall–Kier alpha value is -4.16. The number of rotatable bonds is 9. The van der Waals surface area contributed by atoms with Gasteiger partial charge in [0.25, 0.3) is 11.6 Å². The van der Waals surface area contributed by atoms with E-state index in [0.29, 0.717) is 28.1 Å². The van der Waals surface area contributed by atoms with Crippen LogP contribution in [0.1, 0.15) is 31.4 Å². The molecule has 3 atom stereocenters. The number of phenols is 1. The number of hydrogen-bond donors (Lipinski definition) is 1. The molecule has 2 fully saturated rings. The number of nitrogens with zero attached hydrogens (tertiary/aromatic N) is 3. The number of fused-ring (bicyclic) bond motifs is 1. The maximum absolute atomic E-state index is 13.9. The van der Waals surface area contributed by atoms with Crippen LogP contribution < -0.4 is 19.4 Å². The number of benzene rings is 3. The standard InChI is InChI=1S/C28H26BrN3O8/c1-3-4-12-39-20-10-8-17(9-11-20)30-27(34)23-24(16-13-21(29)25(33)22(14-16)38-2)31(40-26(23)28(30)35)18-6-5-7-19(15-18)32(36)37/h5-11,13-15,23-24,26,33H,3-4,12H2,1-2H3/t23-,24-,26-/m0/s1. The van der Waals surface area contributed by atoms with E-state index in [9.17, 15) is 24.8 Å². The molecule has 2 heterocycles. The number of imide groups is 1. The summed E-state index contributed by atoms with van der Waals surface area (Å²) in [4.78, 5) is 45.6. The van der Waals surface area contributed by atoms with Crippen molar-refractivity contribution in [2.24, 2.45) is 5.92 Å². The summed E-state index contributed by atoms with van der Waals surface area (Å²) >= 11 is 3.32. The molecule has 2 saturated heterocycles. The molecule has 0 bridgehead atoms. The fourth-order valence-electron chi connectivity index (χ4n) is 4.92. The molecular weight excluding hydrogens is 586 g/mol. The zero-order chi connectivity index (χ0) is 28.6. The van der Waals surface area contributed by atoms with E-state index in [4.69, 9.17) is 14.3 Å². The van der Waals surface area contributed by atoms with Gasteiger partial charge in [-0.05, 0) is 70.4 Å². The van der Waals surface area contributed by atoms with E-state index in [1.54, 1.807) is 42.5 Å². The van der Waals surface area contributed by atoms with Gasteiger partial charge in [-0.1, -0.05) is 19.4 Å². The fourth-order valence-corrected chi connectivity index (χ4v) is 5.38. The number of carbonyl (C=O) groups excluding carboxylic acids is 2. The lowest BCUT2D eigenvalue weighted by atomic mass is 9.90. The van der Waals surface area contributed by atoms with E-state index in [1.165, 1.54) is 30.4 Å². The third-order valence-electron chi connectivity index (χ3n) is 6.88. The number of methoxy groups -OCH3 is 1. The fraction of sp³-hybridized carbons (Fsp3) is 0.286. The molecule has 0 saturated carbocycles. The molecule has 3 aromatic carbocycles. The van der Waals surface area contributed by atoms with Crippen LogP contribution in [-0.2, 0) is 14.4 Å². The molecule has 0 unspecified atom stereocenters. The van der Waals surface area contributed by atoms with Crippen molar-refractivity contribution in [2.45, 2.75) is 31.9 Å². The molecule has 12 heteroatoms. The molecule has 5 rings (SSSR count). The van der Waals surface area contributed by atoms with Crippen molar-refractivity contribution in [3.05, 3.63) is 80.8 Å². The van der Waals surface area contributed by atoms with Crippen molar-refractivity contribution in [3.63, 3.8) is 0 Å². The number of amides is 2. The predicted molar refractivity (Wildman–Crippen MR) is 148 cm³/mol. The topological polar surface area (TPSA) is 132 Å². The van der Waals surface area contributed by atoms with Crippen molar-refractivity contribution >= 4 is 44.8 Å². The Morgan fingerprint density at radius 3 is 2.50 bits per heavy atom. The summed E-state index contributed by atoms with van der Waals surface area (Å²) < 4.78 is 11.3. The van der Waals surface area contributed by atoms with Crippen LogP contribution in [0.5, 0.6) is 17.2 Å². The Bertz CT molecular complexity index is 1460. The van der Waals surface area contributed by atoms with Crippen LogP contribution in [0.2, 0.25) is 0 Å². The van der Waals surface area contributed by atoms with Crippen LogP contribution in [0.25, 0.3) is 0 Å². The Labute approximate surface area is 238 Å². The number of anilines is 2. The summed E-state index contributed by atoms with van der Waals surface area (Å²) in [5.41, 5.74) is 0.976. The third kappa shape index (κ3) is 4.84. The Balaban J connectivity index is 1.54. The molecule has 2 aliphatic rings. The number of unbranched alkanes of at least 4 members (excludes halogenated alkanes) is 1. The zero-order valence-electron chi connectivity index (χ0n) is 21.7. The van der Waals surface area contributed by atoms with E-state index < -0.39 is 34.8 Å². The number of halogens is 1. The third-order valence-corrected chi connectivity index (χ3v) is 7.49. The number of non-ortho nitro benzene ring substituents is 1. The first-order valence-electron chi connectivity index (χ1n) is 12.6. The van der Waals surface area contributed by atoms with Gasteiger partial charge < -0.3 is 14.6 Å². The molecule has 1 N–H and O–H groups in total. The van der Waals surface area contributed by atoms with Gasteiger partial charge in [-0.3, -0.25) is 24.5 Å². The van der Waals surface area contributed by atoms with Gasteiger partial charge in [0.2, 0.25) is 5.91 Å². The second-order valence-electron chi connectivity index (χ2n) is 9.36. The minimum Gasteiger partial charge on any atom is -0.503 e. The van der Waals surface area contributed by atoms with Crippen molar-refractivity contribution in [1.82, 2.24) is 0 Å². The number of nitro groups is 1. The van der Waals surface area contributed by atoms with Crippen LogP contribution in [0.15, 0.2) is 65.1 Å². The van der Waals surface area contributed by atoms with Gasteiger partial charge in [0, 0.05) is 12.1 Å². The predicted octanol–water partition coefficient (Wildman–Crippen LogP) is 5.30. The molecule has 0 radical (unpaired) electrons. The molecule has 3 aromatic rings. The number of aromatic hydroxyl groups is 1. The van der Waals surface area contributed by atoms with Crippen molar-refractivity contribution in [2.75, 3.05) is 23.7 Å². The largest absolute Gasteiger partial charge is 0.503 e. The maximum Gasteiger partial charge on any atom is 0.271 e. The second kappa shape index (κ2) is 11.1. The highest BCUT2D eigenvalue weighted by Gasteiger charge is 2.60. The Morgan fingerprint density at radius 2 is 1.82 bits per heavy atom. The highest BCUT2D eigenvalue weighted by molar-refractivity contribution is 9.10. The number of nitro benzene ring substituents is 1. The molecule has 208 valence electrons. The lowest BCUT2D eigenvalue weighted by Crippen LogP contribution is -2.37. The molecule has 11 nitrogen and oxygen atoms in total. The molecule has 0 spiro atoms. The SMILES string of the molecule is CCCCOc1ccc(N2C(=O)[C@@H]3[C@H](ON(c4cccc([N+](=O)[O-])c4)[C@H]3c3cc(Br)c(O)c(OC)c3)C2=O)cc1. The first-order chi connectivity index (χ1) is 19.2. The minimum atomic E-state index is -1.18. The van der Waals surface area contributed by atoms with Gasteiger partial charge in [-0.2, -0.15) is 0 Å². The van der Waals surface area contributed by atoms with Crippen LogP contribution in [-0.4, -0.2) is 41.7 Å². The summed E-state index contributed by atoms with van der Waals surface area (Å²) in [5.74, 6) is -1.41. The number of hydrogen-bond acceptors (Lipinski definition) is 9. The van der Waals surface area contributed by atoms with Crippen molar-refractivity contribution in [3.8, 4) is 17.2 Å². The van der Waals surface area contributed by atoms with Gasteiger partial charge >= 0.3 is 0 Å². The van der Waals surface area contributed by atoms with Crippen molar-refractivity contribution < 1.29 is 33.9 Å². The average molecular weight is 612 g/mol. The first kappa shape index (κ1) is 27.4. The Morgan fingerprint density at radius 1 is 1.07 bits per heavy atom. The normalized spacial score (nSPS) is 20.1. The average Bonchev–Trinajstić information content (AvgIpc) is 3.46. The number of phenolic OH excluding ortho intramolecular Hbond substituents is 1. The molecule has 2 amide bonds. The van der Waals surface area contributed by atoms with Crippen LogP contribution in [0, 0.1) is 16.0 Å². The highest BCUT2D eigenvalue weighted by Crippen LogP contribution is 2.50. The second-order valence-corrected chi connectivity index (χ2v) is 10.2. The molecule has 0 aromatic heterocycles. The lowest BCUT2D eigenvalue weighted by molar-refractivity contribution is -0.384. The van der Waals surface area contributed by atoms with Crippen LogP contribution >= 0.6 is 15.9 Å². The monoisotopic (exact) mass is 611 g/mol. The smallest absolute Gasteiger partial charge is 0.271 e. The van der Waals surface area contributed by atoms with Gasteiger partial charge in [-0.15, -0.1) is 0 Å². The highest BCUT2D eigenvalue weighted by atomic mass is 79.9. The van der Waals surface area contributed by atoms with Gasteiger partial charge in [0.05, 0.1) is 40.5 Å². The molecule has 40 heavy (non-hydrogen) atoms. The number of hydroxylamine groups is 1. The summed E-state index contributed by atoms with van der Waals surface area (Å²) in [5, 5.41) is 23.2. The summed E-state index contributed by atoms with van der Waals surface area (Å²) in [6, 6.07) is 14.7. The summed E-state index contributed by atoms with van der Waals surface area (Å²) in [7, 11) is 1.39. The van der Waals surface area contributed by atoms with E-state index in [0.717, 1.165) is 17.7 Å². The van der Waals surface area contributed by atoms with Crippen LogP contribution in [0.3, 0.4) is 0 Å². The zero-order valence-corrected chi connectivity index (χ0v) is 23.2. The summed E-state index contributed by atoms with van der Waals surface area (Å²) in [6.07, 6.45) is 0.720. The quantitative estimate of drug-likeness (QED) is 0.148. The maximum atomic E-state index is 13.9. The number of ether oxygens (including phenoxy) is 2. The van der Waals surface area contributed by atoms with Gasteiger partial charge in [0.15, 0.2) is 17.6 Å². The molecule has 2 aliphatic heterocycles. The van der Waals surface area contributed by atoms with E-state index in [1.807, 2.05) is 0 Å². The minimum absolute atomic E-state index is 0.138. The van der Waals surface area contributed by atoms with E-state index in [-0.39, 0.29) is 22.9 Å². The van der Waals surface area contributed by atoms with E-state index >= 15 is 0 Å². The van der Waals surface area contributed by atoms with Gasteiger partial charge in [-0.25, -0.2) is 9.96 Å². The van der Waals surface area contributed by atoms with Crippen LogP contribution in [0.4, 0.5) is 17.1 Å². The first-order valence-corrected chi connectivity index (χ1v) is 13.4. The van der Waals surface area contributed by atoms with Crippen molar-refractivity contribution in [1.29, 1.82) is 0 Å². The molecular formula is C28H26BrN3O8. The number of carbonyl (C=O) groups is 2.